The molecule has 1 amide bonds. The molecule has 114 valence electrons. The van der Waals surface area contributed by atoms with Crippen LogP contribution in [-0.4, -0.2) is 39.6 Å². The second kappa shape index (κ2) is 6.28. The number of aliphatic hydroxyl groups excluding tert-OH is 1. The van der Waals surface area contributed by atoms with Gasteiger partial charge >= 0.3 is 0 Å². The Balaban J connectivity index is 1.88. The number of likely N-dealkylation sites (tertiary alicyclic amines) is 1. The molecule has 0 radical (unpaired) electrons. The van der Waals surface area contributed by atoms with Crippen molar-refractivity contribution in [3.8, 4) is 0 Å². The van der Waals surface area contributed by atoms with Crippen molar-refractivity contribution >= 4 is 5.91 Å². The Kier molecular flexibility index (Phi) is 4.20. The number of benzene rings is 1. The molecule has 1 aromatic heterocycles. The van der Waals surface area contributed by atoms with Gasteiger partial charge in [0.05, 0.1) is 12.1 Å². The van der Waals surface area contributed by atoms with E-state index >= 15 is 0 Å². The zero-order valence-electron chi connectivity index (χ0n) is 12.5. The maximum atomic E-state index is 12.8. The minimum Gasteiger partial charge on any atom is -0.394 e. The molecule has 4 nitrogen and oxygen atoms in total. The van der Waals surface area contributed by atoms with Gasteiger partial charge in [-0.1, -0.05) is 36.4 Å². The van der Waals surface area contributed by atoms with E-state index in [9.17, 15) is 9.90 Å². The number of carbonyl (C=O) groups excluding carboxylic acids is 1. The Morgan fingerprint density at radius 3 is 2.64 bits per heavy atom. The molecule has 1 aromatic carbocycles. The summed E-state index contributed by atoms with van der Waals surface area (Å²) < 4.78 is 0. The van der Waals surface area contributed by atoms with Gasteiger partial charge in [0.2, 0.25) is 0 Å². The van der Waals surface area contributed by atoms with E-state index in [0.717, 1.165) is 18.4 Å². The molecule has 0 bridgehead atoms. The molecule has 1 atom stereocenters. The highest BCUT2D eigenvalue weighted by atomic mass is 16.3. The van der Waals surface area contributed by atoms with E-state index in [4.69, 9.17) is 0 Å². The molecule has 0 saturated carbocycles. The van der Waals surface area contributed by atoms with Gasteiger partial charge in [0.15, 0.2) is 0 Å². The first kappa shape index (κ1) is 14.7. The number of pyridine rings is 1. The Hall–Kier alpha value is -2.20. The van der Waals surface area contributed by atoms with Crippen LogP contribution in [0, 0.1) is 0 Å². The number of amides is 1. The van der Waals surface area contributed by atoms with Gasteiger partial charge in [-0.3, -0.25) is 9.78 Å². The summed E-state index contributed by atoms with van der Waals surface area (Å²) in [4.78, 5) is 18.7. The summed E-state index contributed by atoms with van der Waals surface area (Å²) in [6.45, 7) is 0.642. The molecular weight excluding hydrogens is 276 g/mol. The Morgan fingerprint density at radius 2 is 1.95 bits per heavy atom. The van der Waals surface area contributed by atoms with Crippen LogP contribution in [0.5, 0.6) is 0 Å². The SMILES string of the molecule is O=C(c1ccccn1)N1CCC[C@@]1(CO)Cc1ccccc1. The highest BCUT2D eigenvalue weighted by Crippen LogP contribution is 2.33. The number of nitrogens with zero attached hydrogens (tertiary/aromatic N) is 2. The van der Waals surface area contributed by atoms with Gasteiger partial charge in [0, 0.05) is 12.7 Å². The summed E-state index contributed by atoms with van der Waals surface area (Å²) in [7, 11) is 0. The lowest BCUT2D eigenvalue weighted by molar-refractivity contribution is 0.0407. The zero-order chi connectivity index (χ0) is 15.4. The van der Waals surface area contributed by atoms with Gasteiger partial charge in [0.1, 0.15) is 5.69 Å². The van der Waals surface area contributed by atoms with Crippen molar-refractivity contribution < 1.29 is 9.90 Å². The fourth-order valence-electron chi connectivity index (χ4n) is 3.26. The fourth-order valence-corrected chi connectivity index (χ4v) is 3.26. The summed E-state index contributed by atoms with van der Waals surface area (Å²) >= 11 is 0. The molecule has 2 aromatic rings. The van der Waals surface area contributed by atoms with E-state index in [2.05, 4.69) is 4.98 Å². The van der Waals surface area contributed by atoms with E-state index in [1.54, 1.807) is 18.3 Å². The summed E-state index contributed by atoms with van der Waals surface area (Å²) in [6, 6.07) is 15.4. The second-order valence-electron chi connectivity index (χ2n) is 5.82. The van der Waals surface area contributed by atoms with Crippen LogP contribution >= 0.6 is 0 Å². The van der Waals surface area contributed by atoms with Crippen molar-refractivity contribution in [2.24, 2.45) is 0 Å². The topological polar surface area (TPSA) is 53.4 Å². The maximum absolute atomic E-state index is 12.8. The molecule has 0 aliphatic carbocycles. The molecular formula is C18H20N2O2. The van der Waals surface area contributed by atoms with Crippen molar-refractivity contribution in [3.63, 3.8) is 0 Å². The molecule has 4 heteroatoms. The number of rotatable bonds is 4. The van der Waals surface area contributed by atoms with Crippen LogP contribution in [0.4, 0.5) is 0 Å². The third-order valence-corrected chi connectivity index (χ3v) is 4.40. The first-order valence-electron chi connectivity index (χ1n) is 7.63. The van der Waals surface area contributed by atoms with E-state index in [1.165, 1.54) is 0 Å². The third-order valence-electron chi connectivity index (χ3n) is 4.40. The standard InChI is InChI=1S/C18H20N2O2/c21-14-18(13-15-7-2-1-3-8-15)10-6-12-20(18)17(22)16-9-4-5-11-19-16/h1-5,7-9,11,21H,6,10,12-14H2/t18-/m0/s1. The lowest BCUT2D eigenvalue weighted by Crippen LogP contribution is -2.51. The van der Waals surface area contributed by atoms with Gasteiger partial charge in [-0.15, -0.1) is 0 Å². The van der Waals surface area contributed by atoms with Gasteiger partial charge in [-0.25, -0.2) is 0 Å². The normalized spacial score (nSPS) is 21.0. The lowest BCUT2D eigenvalue weighted by Gasteiger charge is -2.37. The van der Waals surface area contributed by atoms with E-state index < -0.39 is 5.54 Å². The second-order valence-corrected chi connectivity index (χ2v) is 5.82. The number of aromatic nitrogens is 1. The van der Waals surface area contributed by atoms with Crippen molar-refractivity contribution in [3.05, 3.63) is 66.0 Å². The van der Waals surface area contributed by atoms with Gasteiger partial charge in [0.25, 0.3) is 5.91 Å². The number of hydrogen-bond donors (Lipinski definition) is 1. The first-order chi connectivity index (χ1) is 10.7. The minimum absolute atomic E-state index is 0.0273. The summed E-state index contributed by atoms with van der Waals surface area (Å²) in [5, 5.41) is 10.0. The van der Waals surface area contributed by atoms with E-state index in [0.29, 0.717) is 18.7 Å². The van der Waals surface area contributed by atoms with Crippen LogP contribution < -0.4 is 0 Å². The zero-order valence-corrected chi connectivity index (χ0v) is 12.5. The van der Waals surface area contributed by atoms with Crippen LogP contribution in [0.1, 0.15) is 28.9 Å². The lowest BCUT2D eigenvalue weighted by atomic mass is 9.88. The number of aliphatic hydroxyl groups is 1. The maximum Gasteiger partial charge on any atom is 0.272 e. The van der Waals surface area contributed by atoms with Crippen molar-refractivity contribution in [2.75, 3.05) is 13.2 Å². The Bertz CT molecular complexity index is 630. The van der Waals surface area contributed by atoms with Gasteiger partial charge < -0.3 is 10.0 Å². The smallest absolute Gasteiger partial charge is 0.272 e. The molecule has 1 N–H and O–H groups in total. The van der Waals surface area contributed by atoms with Crippen LogP contribution in [-0.2, 0) is 6.42 Å². The van der Waals surface area contributed by atoms with Crippen LogP contribution in [0.25, 0.3) is 0 Å². The third kappa shape index (κ3) is 2.74. The average Bonchev–Trinajstić information content (AvgIpc) is 3.00. The summed E-state index contributed by atoms with van der Waals surface area (Å²) in [6.07, 6.45) is 4.02. The Labute approximate surface area is 130 Å². The van der Waals surface area contributed by atoms with Crippen LogP contribution in [0.3, 0.4) is 0 Å². The molecule has 0 unspecified atom stereocenters. The van der Waals surface area contributed by atoms with Gasteiger partial charge in [-0.2, -0.15) is 0 Å². The van der Waals surface area contributed by atoms with E-state index in [1.807, 2.05) is 41.3 Å². The first-order valence-corrected chi connectivity index (χ1v) is 7.63. The van der Waals surface area contributed by atoms with Crippen molar-refractivity contribution in [1.29, 1.82) is 0 Å². The highest BCUT2D eigenvalue weighted by molar-refractivity contribution is 5.93. The predicted octanol–water partition coefficient (Wildman–Crippen LogP) is 2.29. The summed E-state index contributed by atoms with van der Waals surface area (Å²) in [5.74, 6) is -0.0944. The van der Waals surface area contributed by atoms with Gasteiger partial charge in [-0.05, 0) is 37.0 Å². The predicted molar refractivity (Wildman–Crippen MR) is 84.5 cm³/mol. The van der Waals surface area contributed by atoms with Crippen molar-refractivity contribution in [2.45, 2.75) is 24.8 Å². The Morgan fingerprint density at radius 1 is 1.18 bits per heavy atom. The molecule has 2 heterocycles. The average molecular weight is 296 g/mol. The van der Waals surface area contributed by atoms with Crippen molar-refractivity contribution in [1.82, 2.24) is 9.88 Å². The number of hydrogen-bond acceptors (Lipinski definition) is 3. The molecule has 0 spiro atoms. The van der Waals surface area contributed by atoms with Crippen LogP contribution in [0.15, 0.2) is 54.7 Å². The minimum atomic E-state index is -0.518. The highest BCUT2D eigenvalue weighted by Gasteiger charge is 2.43. The fraction of sp³-hybridized carbons (Fsp3) is 0.333. The molecule has 1 saturated heterocycles. The molecule has 1 fully saturated rings. The van der Waals surface area contributed by atoms with E-state index in [-0.39, 0.29) is 12.5 Å². The molecule has 22 heavy (non-hydrogen) atoms. The monoisotopic (exact) mass is 296 g/mol. The molecule has 1 aliphatic rings. The quantitative estimate of drug-likeness (QED) is 0.942. The van der Waals surface area contributed by atoms with Crippen LogP contribution in [0.2, 0.25) is 0 Å². The largest absolute Gasteiger partial charge is 0.394 e. The molecule has 3 rings (SSSR count). The number of carbonyl (C=O) groups is 1. The summed E-state index contributed by atoms with van der Waals surface area (Å²) in [5.41, 5.74) is 1.06. The molecule has 1 aliphatic heterocycles.